The fraction of sp³-hybridized carbons (Fsp3) is 0.167. The van der Waals surface area contributed by atoms with E-state index in [9.17, 15) is 0 Å². The number of hydrogen-bond donors (Lipinski definition) is 0. The highest BCUT2D eigenvalue weighted by Crippen LogP contribution is 2.47. The number of rotatable bonds is 6. The van der Waals surface area contributed by atoms with Gasteiger partial charge in [0.2, 0.25) is 5.16 Å². The van der Waals surface area contributed by atoms with Crippen LogP contribution in [0.2, 0.25) is 0 Å². The van der Waals surface area contributed by atoms with Crippen molar-refractivity contribution < 1.29 is 14.2 Å². The summed E-state index contributed by atoms with van der Waals surface area (Å²) >= 11 is 1.41. The number of para-hydroxylation sites is 2. The number of methoxy groups -OCH3 is 1. The predicted octanol–water partition coefficient (Wildman–Crippen LogP) is 4.89. The van der Waals surface area contributed by atoms with Crippen LogP contribution in [0.4, 0.5) is 0 Å². The third-order valence-corrected chi connectivity index (χ3v) is 6.20. The number of hydrogen-bond acceptors (Lipinski definition) is 6. The van der Waals surface area contributed by atoms with E-state index in [1.165, 1.54) is 11.8 Å². The maximum Gasteiger partial charge on any atom is 0.253 e. The first kappa shape index (κ1) is 19.8. The van der Waals surface area contributed by atoms with Crippen molar-refractivity contribution in [1.29, 1.82) is 0 Å². The van der Waals surface area contributed by atoms with Gasteiger partial charge in [0, 0.05) is 11.3 Å². The minimum atomic E-state index is -0.973. The van der Waals surface area contributed by atoms with Gasteiger partial charge in [-0.15, -0.1) is 10.2 Å². The molecule has 1 aromatic heterocycles. The maximum atomic E-state index is 6.12. The first-order valence-corrected chi connectivity index (χ1v) is 10.8. The summed E-state index contributed by atoms with van der Waals surface area (Å²) in [5.41, 5.74) is 2.73. The quantitative estimate of drug-likeness (QED) is 0.433. The van der Waals surface area contributed by atoms with Crippen LogP contribution in [-0.2, 0) is 14.6 Å². The smallest absolute Gasteiger partial charge is 0.253 e. The minimum absolute atomic E-state index is 0.515. The minimum Gasteiger partial charge on any atom is -0.496 e. The Morgan fingerprint density at radius 1 is 0.839 bits per heavy atom. The Balaban J connectivity index is 1.65. The molecule has 31 heavy (non-hydrogen) atoms. The van der Waals surface area contributed by atoms with Crippen LogP contribution in [0.25, 0.3) is 17.1 Å². The molecule has 0 amide bonds. The molecule has 0 atom stereocenters. The zero-order valence-electron chi connectivity index (χ0n) is 17.0. The van der Waals surface area contributed by atoms with Crippen molar-refractivity contribution in [2.24, 2.45) is 0 Å². The number of thioether (sulfide) groups is 1. The normalized spacial score (nSPS) is 15.1. The van der Waals surface area contributed by atoms with Gasteiger partial charge in [-0.1, -0.05) is 60.7 Å². The van der Waals surface area contributed by atoms with E-state index >= 15 is 0 Å². The summed E-state index contributed by atoms with van der Waals surface area (Å²) in [7, 11) is 1.66. The van der Waals surface area contributed by atoms with Crippen LogP contribution in [0, 0.1) is 0 Å². The van der Waals surface area contributed by atoms with Crippen molar-refractivity contribution in [3.8, 4) is 22.8 Å². The highest BCUT2D eigenvalue weighted by atomic mass is 32.2. The van der Waals surface area contributed by atoms with E-state index in [1.807, 2.05) is 89.5 Å². The van der Waals surface area contributed by atoms with Crippen molar-refractivity contribution in [3.05, 3.63) is 90.5 Å². The van der Waals surface area contributed by atoms with E-state index in [1.54, 1.807) is 7.11 Å². The second-order valence-corrected chi connectivity index (χ2v) is 8.01. The van der Waals surface area contributed by atoms with E-state index < -0.39 is 5.12 Å². The van der Waals surface area contributed by atoms with Gasteiger partial charge in [-0.25, -0.2) is 0 Å². The molecule has 2 heterocycles. The summed E-state index contributed by atoms with van der Waals surface area (Å²) in [5.74, 6) is 1.42. The molecule has 156 valence electrons. The molecule has 1 aliphatic heterocycles. The Kier molecular flexibility index (Phi) is 5.46. The predicted molar refractivity (Wildman–Crippen MR) is 119 cm³/mol. The average Bonchev–Trinajstić information content (AvgIpc) is 3.48. The highest BCUT2D eigenvalue weighted by molar-refractivity contribution is 7.99. The summed E-state index contributed by atoms with van der Waals surface area (Å²) in [6, 6.07) is 27.7. The molecule has 1 saturated heterocycles. The molecule has 6 nitrogen and oxygen atoms in total. The summed E-state index contributed by atoms with van der Waals surface area (Å²) in [5, 5.41) is 8.77. The molecule has 0 N–H and O–H groups in total. The molecule has 0 aliphatic carbocycles. The molecule has 0 spiro atoms. The number of ether oxygens (including phenoxy) is 3. The van der Waals surface area contributed by atoms with Crippen molar-refractivity contribution in [3.63, 3.8) is 0 Å². The molecule has 3 aromatic carbocycles. The Bertz CT molecular complexity index is 1160. The molecule has 5 rings (SSSR count). The molecular weight excluding hydrogens is 410 g/mol. The van der Waals surface area contributed by atoms with Crippen molar-refractivity contribution in [1.82, 2.24) is 14.8 Å². The Hall–Kier alpha value is -3.13. The van der Waals surface area contributed by atoms with Crippen molar-refractivity contribution in [2.45, 2.75) is 10.3 Å². The van der Waals surface area contributed by atoms with Gasteiger partial charge >= 0.3 is 0 Å². The monoisotopic (exact) mass is 431 g/mol. The number of nitrogens with zero attached hydrogens (tertiary/aromatic N) is 3. The topological polar surface area (TPSA) is 58.4 Å². The molecular formula is C24H21N3O3S. The lowest BCUT2D eigenvalue weighted by atomic mass is 10.2. The fourth-order valence-electron chi connectivity index (χ4n) is 3.59. The van der Waals surface area contributed by atoms with Gasteiger partial charge < -0.3 is 14.2 Å². The van der Waals surface area contributed by atoms with Crippen LogP contribution in [0.1, 0.15) is 5.56 Å². The van der Waals surface area contributed by atoms with E-state index in [-0.39, 0.29) is 0 Å². The Morgan fingerprint density at radius 3 is 2.19 bits per heavy atom. The molecule has 0 unspecified atom stereocenters. The van der Waals surface area contributed by atoms with Crippen molar-refractivity contribution >= 4 is 11.8 Å². The summed E-state index contributed by atoms with van der Waals surface area (Å²) < 4.78 is 19.8. The van der Waals surface area contributed by atoms with Crippen LogP contribution < -0.4 is 4.74 Å². The van der Waals surface area contributed by atoms with E-state index in [4.69, 9.17) is 14.2 Å². The molecule has 0 radical (unpaired) electrons. The van der Waals surface area contributed by atoms with Crippen LogP contribution in [0.3, 0.4) is 0 Å². The lowest BCUT2D eigenvalue weighted by Gasteiger charge is -2.26. The van der Waals surface area contributed by atoms with Crippen LogP contribution >= 0.6 is 11.8 Å². The molecule has 4 aromatic rings. The summed E-state index contributed by atoms with van der Waals surface area (Å²) in [6.45, 7) is 1.03. The number of aromatic nitrogens is 3. The lowest BCUT2D eigenvalue weighted by molar-refractivity contribution is -0.0818. The van der Waals surface area contributed by atoms with E-state index in [0.29, 0.717) is 24.2 Å². The van der Waals surface area contributed by atoms with E-state index in [0.717, 1.165) is 22.6 Å². The highest BCUT2D eigenvalue weighted by Gasteiger charge is 2.42. The molecule has 0 bridgehead atoms. The largest absolute Gasteiger partial charge is 0.496 e. The lowest BCUT2D eigenvalue weighted by Crippen LogP contribution is -2.23. The van der Waals surface area contributed by atoms with Crippen LogP contribution in [-0.4, -0.2) is 35.1 Å². The molecule has 1 fully saturated rings. The van der Waals surface area contributed by atoms with E-state index in [2.05, 4.69) is 10.2 Å². The molecule has 1 aliphatic rings. The SMILES string of the molecule is COc1ccccc1-c1nnc(SC2(c3ccccc3)OCCO2)n1-c1ccccc1. The summed E-state index contributed by atoms with van der Waals surface area (Å²) in [6.07, 6.45) is 0. The van der Waals surface area contributed by atoms with Gasteiger partial charge in [-0.2, -0.15) is 0 Å². The Labute approximate surface area is 184 Å². The fourth-order valence-corrected chi connectivity index (χ4v) is 4.73. The zero-order valence-corrected chi connectivity index (χ0v) is 17.8. The van der Waals surface area contributed by atoms with Gasteiger partial charge in [0.25, 0.3) is 5.12 Å². The third-order valence-electron chi connectivity index (χ3n) is 5.02. The van der Waals surface area contributed by atoms with Crippen LogP contribution in [0.5, 0.6) is 5.75 Å². The Morgan fingerprint density at radius 2 is 1.48 bits per heavy atom. The summed E-state index contributed by atoms with van der Waals surface area (Å²) in [4.78, 5) is 0. The van der Waals surface area contributed by atoms with Crippen molar-refractivity contribution in [2.75, 3.05) is 20.3 Å². The van der Waals surface area contributed by atoms with Gasteiger partial charge in [0.1, 0.15) is 5.75 Å². The molecule has 0 saturated carbocycles. The van der Waals surface area contributed by atoms with Gasteiger partial charge in [-0.05, 0) is 36.0 Å². The second kappa shape index (κ2) is 8.55. The third kappa shape index (κ3) is 3.72. The second-order valence-electron chi connectivity index (χ2n) is 6.90. The van der Waals surface area contributed by atoms with Gasteiger partial charge in [0.15, 0.2) is 5.82 Å². The zero-order chi connectivity index (χ0) is 21.1. The van der Waals surface area contributed by atoms with Gasteiger partial charge in [-0.3, -0.25) is 4.57 Å². The standard InChI is InChI=1S/C24H21N3O3S/c1-28-21-15-9-8-14-20(21)22-25-26-23(27(22)19-12-6-3-7-13-19)31-24(29-16-17-30-24)18-10-4-2-5-11-18/h2-15H,16-17H2,1H3. The number of benzene rings is 3. The molecule has 7 heteroatoms. The average molecular weight is 432 g/mol. The first-order valence-electron chi connectivity index (χ1n) is 9.97. The van der Waals surface area contributed by atoms with Crippen LogP contribution in [0.15, 0.2) is 90.1 Å². The first-order chi connectivity index (χ1) is 15.3. The maximum absolute atomic E-state index is 6.12. The van der Waals surface area contributed by atoms with Gasteiger partial charge in [0.05, 0.1) is 25.9 Å².